The van der Waals surface area contributed by atoms with E-state index >= 15 is 0 Å². The van der Waals surface area contributed by atoms with Crippen LogP contribution < -0.4 is 5.73 Å². The molecule has 0 saturated heterocycles. The standard InChI is InChI=1S/C15H16N4/c1-10-5-13-14(6-11(10)2)19(9-18-13)15-7-12(8-16)3-4-17-15/h3-7,9H,8,16H2,1-2H3. The van der Waals surface area contributed by atoms with Crippen LogP contribution in [0.5, 0.6) is 0 Å². The number of hydrogen-bond donors (Lipinski definition) is 1. The van der Waals surface area contributed by atoms with Crippen molar-refractivity contribution in [2.45, 2.75) is 20.4 Å². The van der Waals surface area contributed by atoms with Crippen LogP contribution >= 0.6 is 0 Å². The number of aromatic nitrogens is 3. The first-order chi connectivity index (χ1) is 9.19. The van der Waals surface area contributed by atoms with Gasteiger partial charge in [0.05, 0.1) is 11.0 Å². The molecule has 0 unspecified atom stereocenters. The molecule has 3 rings (SSSR count). The summed E-state index contributed by atoms with van der Waals surface area (Å²) in [6, 6.07) is 8.18. The van der Waals surface area contributed by atoms with E-state index in [1.165, 1.54) is 11.1 Å². The van der Waals surface area contributed by atoms with Crippen molar-refractivity contribution in [3.05, 3.63) is 53.5 Å². The van der Waals surface area contributed by atoms with Gasteiger partial charge in [-0.3, -0.25) is 4.57 Å². The van der Waals surface area contributed by atoms with Gasteiger partial charge >= 0.3 is 0 Å². The number of nitrogens with two attached hydrogens (primary N) is 1. The first kappa shape index (κ1) is 11.9. The molecule has 0 fully saturated rings. The van der Waals surface area contributed by atoms with E-state index in [1.807, 2.05) is 23.0 Å². The third-order valence-corrected chi connectivity index (χ3v) is 3.46. The lowest BCUT2D eigenvalue weighted by Gasteiger charge is -2.06. The summed E-state index contributed by atoms with van der Waals surface area (Å²) >= 11 is 0. The molecule has 96 valence electrons. The van der Waals surface area contributed by atoms with Crippen molar-refractivity contribution in [2.24, 2.45) is 5.73 Å². The van der Waals surface area contributed by atoms with Crippen LogP contribution in [0.2, 0.25) is 0 Å². The SMILES string of the molecule is Cc1cc2ncn(-c3cc(CN)ccn3)c2cc1C. The van der Waals surface area contributed by atoms with E-state index in [0.717, 1.165) is 22.4 Å². The summed E-state index contributed by atoms with van der Waals surface area (Å²) < 4.78 is 2.00. The van der Waals surface area contributed by atoms with Gasteiger partial charge in [0.1, 0.15) is 12.1 Å². The molecule has 0 saturated carbocycles. The van der Waals surface area contributed by atoms with Crippen LogP contribution in [0.3, 0.4) is 0 Å². The molecule has 0 aliphatic heterocycles. The van der Waals surface area contributed by atoms with Crippen LogP contribution in [0, 0.1) is 13.8 Å². The zero-order chi connectivity index (χ0) is 13.4. The predicted octanol–water partition coefficient (Wildman–Crippen LogP) is 2.50. The molecule has 2 N–H and O–H groups in total. The third kappa shape index (κ3) is 2.00. The Kier molecular flexibility index (Phi) is 2.80. The molecule has 0 spiro atoms. The number of benzene rings is 1. The van der Waals surface area contributed by atoms with Gasteiger partial charge in [-0.05, 0) is 54.8 Å². The van der Waals surface area contributed by atoms with E-state index in [2.05, 4.69) is 35.9 Å². The Hall–Kier alpha value is -2.20. The molecule has 2 aromatic heterocycles. The normalized spacial score (nSPS) is 11.1. The maximum Gasteiger partial charge on any atom is 0.138 e. The van der Waals surface area contributed by atoms with Crippen molar-refractivity contribution < 1.29 is 0 Å². The highest BCUT2D eigenvalue weighted by Crippen LogP contribution is 2.21. The van der Waals surface area contributed by atoms with E-state index in [1.54, 1.807) is 6.20 Å². The molecule has 19 heavy (non-hydrogen) atoms. The summed E-state index contributed by atoms with van der Waals surface area (Å²) in [5.74, 6) is 0.855. The minimum Gasteiger partial charge on any atom is -0.326 e. The number of hydrogen-bond acceptors (Lipinski definition) is 3. The van der Waals surface area contributed by atoms with Crippen LogP contribution in [0.25, 0.3) is 16.9 Å². The fraction of sp³-hybridized carbons (Fsp3) is 0.200. The van der Waals surface area contributed by atoms with Crippen molar-refractivity contribution >= 4 is 11.0 Å². The summed E-state index contributed by atoms with van der Waals surface area (Å²) in [5, 5.41) is 0. The fourth-order valence-corrected chi connectivity index (χ4v) is 2.17. The van der Waals surface area contributed by atoms with Crippen molar-refractivity contribution in [2.75, 3.05) is 0 Å². The topological polar surface area (TPSA) is 56.7 Å². The Morgan fingerprint density at radius 2 is 1.89 bits per heavy atom. The van der Waals surface area contributed by atoms with Gasteiger partial charge in [0.25, 0.3) is 0 Å². The second-order valence-corrected chi connectivity index (χ2v) is 4.77. The number of imidazole rings is 1. The molecule has 3 aromatic rings. The quantitative estimate of drug-likeness (QED) is 0.762. The van der Waals surface area contributed by atoms with E-state index in [-0.39, 0.29) is 0 Å². The molecule has 2 heterocycles. The number of aryl methyl sites for hydroxylation is 2. The molecular weight excluding hydrogens is 236 g/mol. The van der Waals surface area contributed by atoms with Crippen molar-refractivity contribution in [3.63, 3.8) is 0 Å². The molecule has 0 aliphatic rings. The Morgan fingerprint density at radius 3 is 2.68 bits per heavy atom. The van der Waals surface area contributed by atoms with Gasteiger partial charge in [-0.2, -0.15) is 0 Å². The maximum absolute atomic E-state index is 5.68. The van der Waals surface area contributed by atoms with Gasteiger partial charge in [0.15, 0.2) is 0 Å². The second-order valence-electron chi connectivity index (χ2n) is 4.77. The van der Waals surface area contributed by atoms with Gasteiger partial charge in [-0.1, -0.05) is 0 Å². The van der Waals surface area contributed by atoms with E-state index < -0.39 is 0 Å². The molecule has 0 atom stereocenters. The Labute approximate surface area is 111 Å². The molecule has 0 amide bonds. The lowest BCUT2D eigenvalue weighted by Crippen LogP contribution is -2.01. The summed E-state index contributed by atoms with van der Waals surface area (Å²) in [6.07, 6.45) is 3.59. The molecular formula is C15H16N4. The highest BCUT2D eigenvalue weighted by Gasteiger charge is 2.07. The molecule has 4 heteroatoms. The monoisotopic (exact) mass is 252 g/mol. The lowest BCUT2D eigenvalue weighted by molar-refractivity contribution is 0.989. The molecule has 0 radical (unpaired) electrons. The van der Waals surface area contributed by atoms with E-state index in [9.17, 15) is 0 Å². The van der Waals surface area contributed by atoms with E-state index in [0.29, 0.717) is 6.54 Å². The van der Waals surface area contributed by atoms with Gasteiger partial charge in [0.2, 0.25) is 0 Å². The predicted molar refractivity (Wildman–Crippen MR) is 76.2 cm³/mol. The Morgan fingerprint density at radius 1 is 1.11 bits per heavy atom. The van der Waals surface area contributed by atoms with E-state index in [4.69, 9.17) is 5.73 Å². The minimum atomic E-state index is 0.514. The first-order valence-corrected chi connectivity index (χ1v) is 6.28. The smallest absolute Gasteiger partial charge is 0.138 e. The van der Waals surface area contributed by atoms with Crippen LogP contribution in [-0.4, -0.2) is 14.5 Å². The van der Waals surface area contributed by atoms with Crippen molar-refractivity contribution in [1.29, 1.82) is 0 Å². The Balaban J connectivity index is 2.22. The average Bonchev–Trinajstić information content (AvgIpc) is 2.82. The summed E-state index contributed by atoms with van der Waals surface area (Å²) in [4.78, 5) is 8.84. The number of nitrogens with zero attached hydrogens (tertiary/aromatic N) is 3. The molecule has 0 bridgehead atoms. The molecule has 0 aliphatic carbocycles. The number of pyridine rings is 1. The van der Waals surface area contributed by atoms with Gasteiger partial charge < -0.3 is 5.73 Å². The first-order valence-electron chi connectivity index (χ1n) is 6.28. The van der Waals surface area contributed by atoms with Crippen LogP contribution in [0.4, 0.5) is 0 Å². The largest absolute Gasteiger partial charge is 0.326 e. The number of rotatable bonds is 2. The summed E-state index contributed by atoms with van der Waals surface area (Å²) in [7, 11) is 0. The molecule has 4 nitrogen and oxygen atoms in total. The van der Waals surface area contributed by atoms with Crippen LogP contribution in [-0.2, 0) is 6.54 Å². The zero-order valence-electron chi connectivity index (χ0n) is 11.1. The molecule has 1 aromatic carbocycles. The van der Waals surface area contributed by atoms with Gasteiger partial charge in [0, 0.05) is 12.7 Å². The van der Waals surface area contributed by atoms with Crippen molar-refractivity contribution in [3.8, 4) is 5.82 Å². The number of fused-ring (bicyclic) bond motifs is 1. The highest BCUT2D eigenvalue weighted by atomic mass is 15.1. The Bertz CT molecular complexity index is 743. The van der Waals surface area contributed by atoms with Gasteiger partial charge in [-0.15, -0.1) is 0 Å². The van der Waals surface area contributed by atoms with Crippen LogP contribution in [0.15, 0.2) is 36.8 Å². The average molecular weight is 252 g/mol. The van der Waals surface area contributed by atoms with Crippen molar-refractivity contribution in [1.82, 2.24) is 14.5 Å². The second kappa shape index (κ2) is 4.48. The van der Waals surface area contributed by atoms with Crippen LogP contribution in [0.1, 0.15) is 16.7 Å². The zero-order valence-corrected chi connectivity index (χ0v) is 11.1. The summed E-state index contributed by atoms with van der Waals surface area (Å²) in [6.45, 7) is 4.72. The third-order valence-electron chi connectivity index (χ3n) is 3.46. The van der Waals surface area contributed by atoms with Gasteiger partial charge in [-0.25, -0.2) is 9.97 Å². The summed E-state index contributed by atoms with van der Waals surface area (Å²) in [5.41, 5.74) is 11.3. The lowest BCUT2D eigenvalue weighted by atomic mass is 10.1. The maximum atomic E-state index is 5.68. The fourth-order valence-electron chi connectivity index (χ4n) is 2.17. The minimum absolute atomic E-state index is 0.514. The highest BCUT2D eigenvalue weighted by molar-refractivity contribution is 5.78.